The smallest absolute Gasteiger partial charge is 0.254 e. The lowest BCUT2D eigenvalue weighted by Crippen LogP contribution is -2.30. The van der Waals surface area contributed by atoms with Crippen molar-refractivity contribution in [1.82, 2.24) is 30.0 Å². The predicted molar refractivity (Wildman–Crippen MR) is 123 cm³/mol. The van der Waals surface area contributed by atoms with Crippen molar-refractivity contribution in [3.05, 3.63) is 41.2 Å². The predicted octanol–water partition coefficient (Wildman–Crippen LogP) is 3.19. The number of rotatable bonds is 7. The minimum Gasteiger partial charge on any atom is -0.381 e. The third-order valence-electron chi connectivity index (χ3n) is 5.84. The van der Waals surface area contributed by atoms with E-state index in [2.05, 4.69) is 32.6 Å². The molecule has 1 saturated heterocycles. The number of pyridine rings is 1. The Kier molecular flexibility index (Phi) is 6.64. The van der Waals surface area contributed by atoms with Crippen LogP contribution in [0.15, 0.2) is 18.6 Å². The molecule has 0 radical (unpaired) electrons. The van der Waals surface area contributed by atoms with Crippen LogP contribution in [0.5, 0.6) is 0 Å². The Morgan fingerprint density at radius 1 is 1.22 bits per heavy atom. The topological polar surface area (TPSA) is 107 Å². The number of nitrogens with one attached hydrogen (secondary N) is 2. The fourth-order valence-corrected chi connectivity index (χ4v) is 3.93. The molecule has 3 aromatic rings. The molecule has 4 heterocycles. The molecule has 4 rings (SSSR count). The number of hydrogen-bond acceptors (Lipinski definition) is 7. The van der Waals surface area contributed by atoms with Gasteiger partial charge in [0.25, 0.3) is 5.91 Å². The zero-order valence-electron chi connectivity index (χ0n) is 19.2. The molecule has 0 spiro atoms. The summed E-state index contributed by atoms with van der Waals surface area (Å²) >= 11 is 0. The van der Waals surface area contributed by atoms with Crippen molar-refractivity contribution in [2.24, 2.45) is 0 Å². The first-order chi connectivity index (χ1) is 15.5. The summed E-state index contributed by atoms with van der Waals surface area (Å²) in [6.07, 6.45) is 6.90. The summed E-state index contributed by atoms with van der Waals surface area (Å²) in [6.45, 7) is 10.7. The molecule has 0 saturated carbocycles. The van der Waals surface area contributed by atoms with Gasteiger partial charge in [-0.2, -0.15) is 5.10 Å². The van der Waals surface area contributed by atoms with E-state index in [1.165, 1.54) is 0 Å². The molecule has 1 aliphatic heterocycles. The monoisotopic (exact) mass is 437 g/mol. The maximum absolute atomic E-state index is 12.8. The summed E-state index contributed by atoms with van der Waals surface area (Å²) < 4.78 is 7.41. The van der Waals surface area contributed by atoms with Crippen molar-refractivity contribution in [2.75, 3.05) is 18.5 Å². The van der Waals surface area contributed by atoms with Crippen LogP contribution in [0.1, 0.15) is 67.0 Å². The lowest BCUT2D eigenvalue weighted by atomic mass is 10.0. The first kappa shape index (κ1) is 22.1. The van der Waals surface area contributed by atoms with E-state index in [0.717, 1.165) is 66.4 Å². The maximum Gasteiger partial charge on any atom is 0.254 e. The Labute approximate surface area is 188 Å². The average molecular weight is 438 g/mol. The second-order valence-corrected chi connectivity index (χ2v) is 8.45. The molecule has 0 aliphatic carbocycles. The number of anilines is 1. The fourth-order valence-electron chi connectivity index (χ4n) is 3.93. The van der Waals surface area contributed by atoms with E-state index >= 15 is 0 Å². The molecule has 1 aliphatic rings. The van der Waals surface area contributed by atoms with Crippen LogP contribution in [-0.2, 0) is 17.8 Å². The van der Waals surface area contributed by atoms with Gasteiger partial charge in [0.2, 0.25) is 0 Å². The molecule has 170 valence electrons. The van der Waals surface area contributed by atoms with E-state index in [9.17, 15) is 4.79 Å². The molecule has 0 aromatic carbocycles. The van der Waals surface area contributed by atoms with Gasteiger partial charge in [0, 0.05) is 61.9 Å². The number of ether oxygens (including phenoxy) is 1. The third kappa shape index (κ3) is 4.57. The highest BCUT2D eigenvalue weighted by Crippen LogP contribution is 2.30. The van der Waals surface area contributed by atoms with Crippen LogP contribution in [-0.4, -0.2) is 49.9 Å². The second kappa shape index (κ2) is 9.60. The van der Waals surface area contributed by atoms with Crippen molar-refractivity contribution in [3.8, 4) is 0 Å². The third-order valence-corrected chi connectivity index (χ3v) is 5.84. The number of carbonyl (C=O) groups is 1. The number of carbonyl (C=O) groups excluding carboxylic acids is 1. The molecule has 0 bridgehead atoms. The highest BCUT2D eigenvalue weighted by atomic mass is 16.5. The summed E-state index contributed by atoms with van der Waals surface area (Å²) in [7, 11) is 0. The minimum atomic E-state index is -0.207. The summed E-state index contributed by atoms with van der Waals surface area (Å²) in [6, 6.07) is 0.310. The van der Waals surface area contributed by atoms with Gasteiger partial charge in [-0.05, 0) is 26.7 Å². The van der Waals surface area contributed by atoms with Crippen molar-refractivity contribution >= 4 is 22.6 Å². The minimum absolute atomic E-state index is 0.207. The normalized spacial score (nSPS) is 14.8. The quantitative estimate of drug-likeness (QED) is 0.584. The number of nitrogens with zero attached hydrogens (tertiary/aromatic N) is 5. The first-order valence-corrected chi connectivity index (χ1v) is 11.3. The van der Waals surface area contributed by atoms with E-state index in [4.69, 9.17) is 9.72 Å². The van der Waals surface area contributed by atoms with Crippen molar-refractivity contribution in [3.63, 3.8) is 0 Å². The first-order valence-electron chi connectivity index (χ1n) is 11.3. The van der Waals surface area contributed by atoms with Crippen LogP contribution in [0, 0.1) is 6.92 Å². The van der Waals surface area contributed by atoms with Gasteiger partial charge in [-0.1, -0.05) is 13.8 Å². The molecule has 32 heavy (non-hydrogen) atoms. The summed E-state index contributed by atoms with van der Waals surface area (Å²) in [5.74, 6) is 0.736. The molecule has 2 N–H and O–H groups in total. The van der Waals surface area contributed by atoms with Crippen LogP contribution in [0.2, 0.25) is 0 Å². The van der Waals surface area contributed by atoms with Crippen molar-refractivity contribution in [1.29, 1.82) is 0 Å². The SMILES string of the molecule is CCn1ncc2c(NC3CCOCC3)c(CNC(=O)c3cnc(C(C)C)nc3)c(C)nc21. The highest BCUT2D eigenvalue weighted by molar-refractivity contribution is 5.94. The largest absolute Gasteiger partial charge is 0.381 e. The van der Waals surface area contributed by atoms with E-state index in [1.807, 2.05) is 31.6 Å². The van der Waals surface area contributed by atoms with E-state index in [0.29, 0.717) is 18.2 Å². The van der Waals surface area contributed by atoms with E-state index in [-0.39, 0.29) is 11.8 Å². The van der Waals surface area contributed by atoms with Crippen molar-refractivity contribution < 1.29 is 9.53 Å². The fraction of sp³-hybridized carbons (Fsp3) is 0.522. The lowest BCUT2D eigenvalue weighted by Gasteiger charge is -2.26. The standard InChI is InChI=1S/C23H31N7O2/c1-5-30-22-19(13-27-30)20(29-17-6-8-32-9-7-17)18(15(4)28-22)12-26-23(31)16-10-24-21(14(2)3)25-11-16/h10-11,13-14,17H,5-9,12H2,1-4H3,(H,26,31)(H,28,29). The van der Waals surface area contributed by atoms with Gasteiger partial charge in [-0.15, -0.1) is 0 Å². The van der Waals surface area contributed by atoms with Crippen LogP contribution >= 0.6 is 0 Å². The number of hydrogen-bond donors (Lipinski definition) is 2. The molecule has 0 atom stereocenters. The molecule has 1 fully saturated rings. The zero-order valence-corrected chi connectivity index (χ0v) is 19.2. The number of aryl methyl sites for hydroxylation is 2. The molecule has 0 unspecified atom stereocenters. The number of amides is 1. The van der Waals surface area contributed by atoms with E-state index in [1.54, 1.807) is 12.4 Å². The van der Waals surface area contributed by atoms with Gasteiger partial charge in [0.05, 0.1) is 22.8 Å². The molecule has 9 heteroatoms. The van der Waals surface area contributed by atoms with Gasteiger partial charge < -0.3 is 15.4 Å². The Morgan fingerprint density at radius 3 is 2.59 bits per heavy atom. The van der Waals surface area contributed by atoms with Gasteiger partial charge in [-0.3, -0.25) is 4.79 Å². The zero-order chi connectivity index (χ0) is 22.7. The molecular formula is C23H31N7O2. The van der Waals surface area contributed by atoms with Gasteiger partial charge in [0.15, 0.2) is 5.65 Å². The molecule has 3 aromatic heterocycles. The average Bonchev–Trinajstić information content (AvgIpc) is 3.21. The van der Waals surface area contributed by atoms with Crippen molar-refractivity contribution in [2.45, 2.75) is 65.6 Å². The molecular weight excluding hydrogens is 406 g/mol. The van der Waals surface area contributed by atoms with Crippen LogP contribution < -0.4 is 10.6 Å². The summed E-state index contributed by atoms with van der Waals surface area (Å²) in [5.41, 5.74) is 4.12. The Hall–Kier alpha value is -3.07. The van der Waals surface area contributed by atoms with Gasteiger partial charge in [0.1, 0.15) is 5.82 Å². The van der Waals surface area contributed by atoms with Crippen LogP contribution in [0.4, 0.5) is 5.69 Å². The summed E-state index contributed by atoms with van der Waals surface area (Å²) in [4.78, 5) is 26.2. The second-order valence-electron chi connectivity index (χ2n) is 8.45. The highest BCUT2D eigenvalue weighted by Gasteiger charge is 2.21. The lowest BCUT2D eigenvalue weighted by molar-refractivity contribution is 0.0904. The van der Waals surface area contributed by atoms with Gasteiger partial charge >= 0.3 is 0 Å². The summed E-state index contributed by atoms with van der Waals surface area (Å²) in [5, 5.41) is 12.2. The van der Waals surface area contributed by atoms with Crippen LogP contribution in [0.3, 0.4) is 0 Å². The number of fused-ring (bicyclic) bond motifs is 1. The van der Waals surface area contributed by atoms with Crippen LogP contribution in [0.25, 0.3) is 11.0 Å². The molecule has 9 nitrogen and oxygen atoms in total. The number of aromatic nitrogens is 5. The Morgan fingerprint density at radius 2 is 1.94 bits per heavy atom. The van der Waals surface area contributed by atoms with E-state index < -0.39 is 0 Å². The van der Waals surface area contributed by atoms with Gasteiger partial charge in [-0.25, -0.2) is 19.6 Å². The molecule has 1 amide bonds. The Bertz CT molecular complexity index is 1090. The Balaban J connectivity index is 1.61. The maximum atomic E-state index is 12.8.